The van der Waals surface area contributed by atoms with Crippen LogP contribution < -0.4 is 15.6 Å². The molecule has 1 aromatic heterocycles. The highest BCUT2D eigenvalue weighted by molar-refractivity contribution is 6.32. The Morgan fingerprint density at radius 2 is 1.90 bits per heavy atom. The van der Waals surface area contributed by atoms with Crippen LogP contribution in [-0.4, -0.2) is 23.3 Å². The Morgan fingerprint density at radius 1 is 1.13 bits per heavy atom. The minimum atomic E-state index is -4.86. The Labute approximate surface area is 174 Å². The van der Waals surface area contributed by atoms with Gasteiger partial charge in [-0.05, 0) is 48.9 Å². The normalized spacial score (nSPS) is 19.7. The van der Waals surface area contributed by atoms with Gasteiger partial charge in [0.1, 0.15) is 5.75 Å². The molecule has 2 fully saturated rings. The fraction of sp³-hybridized carbons (Fsp3) is 0.333. The summed E-state index contributed by atoms with van der Waals surface area (Å²) in [5.41, 5.74) is 2.07. The third kappa shape index (κ3) is 4.70. The van der Waals surface area contributed by atoms with Crippen LogP contribution in [0.1, 0.15) is 48.4 Å². The number of pyridine rings is 1. The van der Waals surface area contributed by atoms with Crippen molar-refractivity contribution in [2.45, 2.75) is 44.0 Å². The first-order chi connectivity index (χ1) is 14.2. The fourth-order valence-electron chi connectivity index (χ4n) is 3.54. The summed E-state index contributed by atoms with van der Waals surface area (Å²) >= 11 is 6.02. The standard InChI is InChI=1S/C21H18ClF3N2O3/c22-16-9-12(3-7-18(16)30-21(23,24)25)15(10-13-4-8-19(28)26-13)17-6-5-14(11-1-2-11)20(29)27-17/h3,5-7,9-11,13H,1-2,4,8H2,(H,26,28)(H,27,29)/t13-/m1/s1. The molecule has 1 saturated carbocycles. The molecule has 0 bridgehead atoms. The minimum Gasteiger partial charge on any atom is -0.404 e. The van der Waals surface area contributed by atoms with E-state index in [9.17, 15) is 22.8 Å². The molecular weight excluding hydrogens is 421 g/mol. The predicted molar refractivity (Wildman–Crippen MR) is 105 cm³/mol. The first-order valence-corrected chi connectivity index (χ1v) is 9.88. The number of carbonyl (C=O) groups is 1. The SMILES string of the molecule is O=C1CC[C@H](C=C(c2ccc(OC(F)(F)F)c(Cl)c2)c2ccc(C3CC3)c(=O)[nH]2)N1. The third-order valence-electron chi connectivity index (χ3n) is 5.11. The molecule has 1 aliphatic carbocycles. The molecule has 5 nitrogen and oxygen atoms in total. The smallest absolute Gasteiger partial charge is 0.404 e. The number of hydrogen-bond donors (Lipinski definition) is 2. The van der Waals surface area contributed by atoms with Crippen LogP contribution in [0, 0.1) is 0 Å². The zero-order chi connectivity index (χ0) is 21.5. The highest BCUT2D eigenvalue weighted by atomic mass is 35.5. The molecular formula is C21H18ClF3N2O3. The van der Waals surface area contributed by atoms with Gasteiger partial charge in [-0.25, -0.2) is 0 Å². The van der Waals surface area contributed by atoms with Crippen LogP contribution in [0.25, 0.3) is 5.57 Å². The second-order valence-electron chi connectivity index (χ2n) is 7.42. The summed E-state index contributed by atoms with van der Waals surface area (Å²) in [6.07, 6.45) is -0.157. The first-order valence-electron chi connectivity index (χ1n) is 9.50. The van der Waals surface area contributed by atoms with Crippen molar-refractivity contribution in [2.24, 2.45) is 0 Å². The van der Waals surface area contributed by atoms with Gasteiger partial charge in [0.05, 0.1) is 5.02 Å². The van der Waals surface area contributed by atoms with Crippen LogP contribution in [0.5, 0.6) is 5.75 Å². The van der Waals surface area contributed by atoms with Crippen molar-refractivity contribution in [1.82, 2.24) is 10.3 Å². The molecule has 1 atom stereocenters. The number of rotatable bonds is 5. The summed E-state index contributed by atoms with van der Waals surface area (Å²) in [7, 11) is 0. The van der Waals surface area contributed by atoms with Gasteiger partial charge in [0.25, 0.3) is 5.56 Å². The van der Waals surface area contributed by atoms with Gasteiger partial charge < -0.3 is 15.0 Å². The van der Waals surface area contributed by atoms with E-state index in [0.717, 1.165) is 24.5 Å². The van der Waals surface area contributed by atoms with Crippen molar-refractivity contribution in [3.8, 4) is 5.75 Å². The van der Waals surface area contributed by atoms with Gasteiger partial charge in [-0.1, -0.05) is 29.8 Å². The van der Waals surface area contributed by atoms with E-state index in [1.165, 1.54) is 12.1 Å². The van der Waals surface area contributed by atoms with Gasteiger partial charge in [0.15, 0.2) is 0 Å². The fourth-order valence-corrected chi connectivity index (χ4v) is 3.76. The number of carbonyl (C=O) groups excluding carboxylic acids is 1. The second-order valence-corrected chi connectivity index (χ2v) is 7.82. The lowest BCUT2D eigenvalue weighted by atomic mass is 9.98. The van der Waals surface area contributed by atoms with Crippen molar-refractivity contribution in [3.05, 3.63) is 68.6 Å². The highest BCUT2D eigenvalue weighted by Crippen LogP contribution is 2.39. The second kappa shape index (κ2) is 7.83. The molecule has 2 N–H and O–H groups in total. The Hall–Kier alpha value is -2.74. The molecule has 4 rings (SSSR count). The molecule has 30 heavy (non-hydrogen) atoms. The lowest BCUT2D eigenvalue weighted by molar-refractivity contribution is -0.274. The summed E-state index contributed by atoms with van der Waals surface area (Å²) < 4.78 is 41.5. The molecule has 0 radical (unpaired) electrons. The molecule has 0 unspecified atom stereocenters. The maximum Gasteiger partial charge on any atom is 0.573 e. The minimum absolute atomic E-state index is 0.0832. The van der Waals surface area contributed by atoms with E-state index in [1.54, 1.807) is 18.2 Å². The molecule has 1 amide bonds. The van der Waals surface area contributed by atoms with Gasteiger partial charge >= 0.3 is 6.36 Å². The summed E-state index contributed by atoms with van der Waals surface area (Å²) in [6, 6.07) is 7.19. The predicted octanol–water partition coefficient (Wildman–Crippen LogP) is 4.51. The van der Waals surface area contributed by atoms with E-state index in [0.29, 0.717) is 29.7 Å². The van der Waals surface area contributed by atoms with Gasteiger partial charge in [-0.15, -0.1) is 13.2 Å². The average molecular weight is 439 g/mol. The van der Waals surface area contributed by atoms with E-state index >= 15 is 0 Å². The number of halogens is 4. The van der Waals surface area contributed by atoms with Crippen molar-refractivity contribution >= 4 is 23.1 Å². The number of amides is 1. The third-order valence-corrected chi connectivity index (χ3v) is 5.41. The maximum absolute atomic E-state index is 12.5. The van der Waals surface area contributed by atoms with Crippen LogP contribution in [0.4, 0.5) is 13.2 Å². The van der Waals surface area contributed by atoms with Crippen LogP contribution >= 0.6 is 11.6 Å². The van der Waals surface area contributed by atoms with E-state index in [4.69, 9.17) is 11.6 Å². The van der Waals surface area contributed by atoms with Gasteiger partial charge in [-0.2, -0.15) is 0 Å². The number of nitrogens with one attached hydrogen (secondary N) is 2. The first kappa shape index (κ1) is 20.5. The molecule has 1 aromatic carbocycles. The van der Waals surface area contributed by atoms with E-state index in [1.807, 2.05) is 0 Å². The van der Waals surface area contributed by atoms with Gasteiger partial charge in [-0.3, -0.25) is 9.59 Å². The van der Waals surface area contributed by atoms with Crippen LogP contribution in [0.15, 0.2) is 41.2 Å². The number of alkyl halides is 3. The number of aromatic amines is 1. The van der Waals surface area contributed by atoms with E-state index in [-0.39, 0.29) is 28.4 Å². The summed E-state index contributed by atoms with van der Waals surface area (Å²) in [5, 5.41) is 2.60. The van der Waals surface area contributed by atoms with Gasteiger partial charge in [0.2, 0.25) is 5.91 Å². The van der Waals surface area contributed by atoms with Crippen molar-refractivity contribution < 1.29 is 22.7 Å². The average Bonchev–Trinajstić information content (AvgIpc) is 3.42. The van der Waals surface area contributed by atoms with E-state index in [2.05, 4.69) is 15.0 Å². The lowest BCUT2D eigenvalue weighted by Crippen LogP contribution is -2.23. The topological polar surface area (TPSA) is 71.2 Å². The Kier molecular flexibility index (Phi) is 5.36. The molecule has 9 heteroatoms. The number of benzene rings is 1. The van der Waals surface area contributed by atoms with Crippen molar-refractivity contribution in [3.63, 3.8) is 0 Å². The summed E-state index contributed by atoms with van der Waals surface area (Å²) in [4.78, 5) is 26.9. The van der Waals surface area contributed by atoms with Crippen LogP contribution in [-0.2, 0) is 4.79 Å². The molecule has 1 aliphatic heterocycles. The monoisotopic (exact) mass is 438 g/mol. The number of H-pyrrole nitrogens is 1. The lowest BCUT2D eigenvalue weighted by Gasteiger charge is -2.15. The Balaban J connectivity index is 1.73. The van der Waals surface area contributed by atoms with Crippen LogP contribution in [0.2, 0.25) is 5.02 Å². The largest absolute Gasteiger partial charge is 0.573 e. The quantitative estimate of drug-likeness (QED) is 0.721. The maximum atomic E-state index is 12.5. The zero-order valence-electron chi connectivity index (χ0n) is 15.7. The number of ether oxygens (including phenoxy) is 1. The van der Waals surface area contributed by atoms with Crippen LogP contribution in [0.3, 0.4) is 0 Å². The van der Waals surface area contributed by atoms with Gasteiger partial charge in [0, 0.05) is 29.3 Å². The summed E-state index contributed by atoms with van der Waals surface area (Å²) in [5.74, 6) is -0.322. The Bertz CT molecular complexity index is 1070. The Morgan fingerprint density at radius 3 is 2.47 bits per heavy atom. The number of hydrogen-bond acceptors (Lipinski definition) is 3. The van der Waals surface area contributed by atoms with Crippen molar-refractivity contribution in [1.29, 1.82) is 0 Å². The molecule has 2 aromatic rings. The zero-order valence-corrected chi connectivity index (χ0v) is 16.4. The molecule has 1 saturated heterocycles. The summed E-state index contributed by atoms with van der Waals surface area (Å²) in [6.45, 7) is 0. The van der Waals surface area contributed by atoms with Crippen molar-refractivity contribution in [2.75, 3.05) is 0 Å². The molecule has 0 spiro atoms. The number of aromatic nitrogens is 1. The van der Waals surface area contributed by atoms with E-state index < -0.39 is 12.1 Å². The highest BCUT2D eigenvalue weighted by Gasteiger charge is 2.32. The molecule has 2 heterocycles. The molecule has 2 aliphatic rings. The molecule has 158 valence electrons.